The van der Waals surface area contributed by atoms with Crippen LogP contribution in [0.25, 0.3) is 0 Å². The number of carbonyl (C=O) groups is 1. The lowest BCUT2D eigenvalue weighted by Gasteiger charge is -2.29. The Bertz CT molecular complexity index is 332. The summed E-state index contributed by atoms with van der Waals surface area (Å²) in [4.78, 5) is 16.7. The number of hydrogen-bond donors (Lipinski definition) is 1. The minimum absolute atomic E-state index is 0.0317. The molecule has 130 valence electrons. The summed E-state index contributed by atoms with van der Waals surface area (Å²) in [6, 6.07) is 0.884. The van der Waals surface area contributed by atoms with Crippen LogP contribution in [0.4, 0.5) is 0 Å². The van der Waals surface area contributed by atoms with Gasteiger partial charge in [0.25, 0.3) is 0 Å². The fourth-order valence-electron chi connectivity index (χ4n) is 2.83. The Labute approximate surface area is 136 Å². The number of carbonyl (C=O) groups excluding carboxylic acids is 1. The van der Waals surface area contributed by atoms with Gasteiger partial charge in [-0.3, -0.25) is 9.69 Å². The Balaban J connectivity index is 2.33. The molecule has 0 aromatic carbocycles. The van der Waals surface area contributed by atoms with Crippen LogP contribution in [-0.4, -0.2) is 73.7 Å². The molecule has 0 radical (unpaired) electrons. The van der Waals surface area contributed by atoms with Crippen LogP contribution in [0.2, 0.25) is 0 Å². The van der Waals surface area contributed by atoms with E-state index in [0.717, 1.165) is 38.9 Å². The number of likely N-dealkylation sites (N-methyl/N-ethyl adjacent to an activating group) is 1. The maximum Gasteiger partial charge on any atom is 0.323 e. The molecular weight excluding hydrogens is 278 g/mol. The van der Waals surface area contributed by atoms with Gasteiger partial charge < -0.3 is 15.0 Å². The standard InChI is InChI=1S/C17H35N3O2/c1-13(2)20(12-11-19(5)6)10-9-15-7-8-16(18-15)17(21)22-14(3)4/h13-16,18H,7-12H2,1-6H3. The van der Waals surface area contributed by atoms with E-state index in [2.05, 4.69) is 43.1 Å². The number of esters is 1. The second-order valence-corrected chi connectivity index (χ2v) is 7.20. The number of ether oxygens (including phenoxy) is 1. The molecule has 2 atom stereocenters. The van der Waals surface area contributed by atoms with Crippen molar-refractivity contribution in [3.8, 4) is 0 Å². The van der Waals surface area contributed by atoms with Crippen LogP contribution in [-0.2, 0) is 9.53 Å². The summed E-state index contributed by atoms with van der Waals surface area (Å²) in [6.45, 7) is 11.6. The molecule has 1 aliphatic rings. The lowest BCUT2D eigenvalue weighted by atomic mass is 10.1. The Hall–Kier alpha value is -0.650. The molecule has 1 rings (SSSR count). The monoisotopic (exact) mass is 313 g/mol. The molecule has 0 bridgehead atoms. The second-order valence-electron chi connectivity index (χ2n) is 7.20. The zero-order valence-corrected chi connectivity index (χ0v) is 15.3. The van der Waals surface area contributed by atoms with Gasteiger partial charge in [0, 0.05) is 25.2 Å². The van der Waals surface area contributed by atoms with E-state index in [9.17, 15) is 4.79 Å². The third-order valence-corrected chi connectivity index (χ3v) is 4.21. The Morgan fingerprint density at radius 2 is 1.82 bits per heavy atom. The van der Waals surface area contributed by atoms with E-state index in [0.29, 0.717) is 12.1 Å². The fraction of sp³-hybridized carbons (Fsp3) is 0.941. The molecule has 1 N–H and O–H groups in total. The van der Waals surface area contributed by atoms with Crippen molar-refractivity contribution in [1.29, 1.82) is 0 Å². The van der Waals surface area contributed by atoms with E-state index in [-0.39, 0.29) is 18.1 Å². The summed E-state index contributed by atoms with van der Waals surface area (Å²) in [5.41, 5.74) is 0. The minimum Gasteiger partial charge on any atom is -0.462 e. The summed E-state index contributed by atoms with van der Waals surface area (Å²) < 4.78 is 5.29. The smallest absolute Gasteiger partial charge is 0.323 e. The summed E-state index contributed by atoms with van der Waals surface area (Å²) >= 11 is 0. The summed E-state index contributed by atoms with van der Waals surface area (Å²) in [7, 11) is 4.23. The normalized spacial score (nSPS) is 22.3. The molecule has 0 aliphatic carbocycles. The van der Waals surface area contributed by atoms with Crippen LogP contribution < -0.4 is 5.32 Å². The van der Waals surface area contributed by atoms with Crippen LogP contribution in [0.1, 0.15) is 47.0 Å². The van der Waals surface area contributed by atoms with Gasteiger partial charge in [0.05, 0.1) is 6.10 Å². The Morgan fingerprint density at radius 3 is 2.36 bits per heavy atom. The van der Waals surface area contributed by atoms with Crippen molar-refractivity contribution >= 4 is 5.97 Å². The fourth-order valence-corrected chi connectivity index (χ4v) is 2.83. The zero-order valence-electron chi connectivity index (χ0n) is 15.3. The third-order valence-electron chi connectivity index (χ3n) is 4.21. The average molecular weight is 313 g/mol. The second kappa shape index (κ2) is 9.48. The van der Waals surface area contributed by atoms with Gasteiger partial charge in [-0.25, -0.2) is 0 Å². The maximum atomic E-state index is 11.9. The van der Waals surface area contributed by atoms with Crippen molar-refractivity contribution < 1.29 is 9.53 Å². The zero-order chi connectivity index (χ0) is 16.7. The molecule has 0 aromatic heterocycles. The molecule has 1 aliphatic heterocycles. The van der Waals surface area contributed by atoms with Crippen LogP contribution >= 0.6 is 0 Å². The van der Waals surface area contributed by atoms with Gasteiger partial charge in [0.1, 0.15) is 6.04 Å². The minimum atomic E-state index is -0.110. The molecule has 1 saturated heterocycles. The number of nitrogens with one attached hydrogen (secondary N) is 1. The van der Waals surface area contributed by atoms with Gasteiger partial charge in [0.2, 0.25) is 0 Å². The summed E-state index contributed by atoms with van der Waals surface area (Å²) in [5.74, 6) is -0.0918. The highest BCUT2D eigenvalue weighted by atomic mass is 16.5. The molecule has 22 heavy (non-hydrogen) atoms. The van der Waals surface area contributed by atoms with Crippen molar-refractivity contribution in [3.05, 3.63) is 0 Å². The number of nitrogens with zero attached hydrogens (tertiary/aromatic N) is 2. The number of rotatable bonds is 9. The quantitative estimate of drug-likeness (QED) is 0.657. The van der Waals surface area contributed by atoms with E-state index in [1.165, 1.54) is 0 Å². The van der Waals surface area contributed by atoms with E-state index >= 15 is 0 Å². The van der Waals surface area contributed by atoms with E-state index in [1.54, 1.807) is 0 Å². The predicted octanol–water partition coefficient (Wildman–Crippen LogP) is 1.72. The largest absolute Gasteiger partial charge is 0.462 e. The van der Waals surface area contributed by atoms with Crippen LogP contribution in [0, 0.1) is 0 Å². The average Bonchev–Trinajstić information content (AvgIpc) is 2.86. The van der Waals surface area contributed by atoms with E-state index < -0.39 is 0 Å². The highest BCUT2D eigenvalue weighted by Gasteiger charge is 2.30. The Morgan fingerprint density at radius 1 is 1.14 bits per heavy atom. The molecule has 2 unspecified atom stereocenters. The first-order valence-corrected chi connectivity index (χ1v) is 8.65. The first-order valence-electron chi connectivity index (χ1n) is 8.65. The van der Waals surface area contributed by atoms with Crippen LogP contribution in [0.15, 0.2) is 0 Å². The lowest BCUT2D eigenvalue weighted by molar-refractivity contribution is -0.149. The summed E-state index contributed by atoms with van der Waals surface area (Å²) in [6.07, 6.45) is 3.03. The molecule has 0 aromatic rings. The first-order chi connectivity index (χ1) is 10.3. The predicted molar refractivity (Wildman–Crippen MR) is 91.1 cm³/mol. The first kappa shape index (κ1) is 19.4. The lowest BCUT2D eigenvalue weighted by Crippen LogP contribution is -2.41. The van der Waals surface area contributed by atoms with Gasteiger partial charge in [-0.05, 0) is 67.6 Å². The highest BCUT2D eigenvalue weighted by Crippen LogP contribution is 2.17. The van der Waals surface area contributed by atoms with E-state index in [4.69, 9.17) is 4.74 Å². The van der Waals surface area contributed by atoms with Gasteiger partial charge in [-0.2, -0.15) is 0 Å². The molecule has 1 fully saturated rings. The van der Waals surface area contributed by atoms with Gasteiger partial charge >= 0.3 is 5.97 Å². The van der Waals surface area contributed by atoms with Crippen LogP contribution in [0.5, 0.6) is 0 Å². The molecule has 0 spiro atoms. The molecular formula is C17H35N3O2. The van der Waals surface area contributed by atoms with Gasteiger partial charge in [-0.1, -0.05) is 0 Å². The van der Waals surface area contributed by atoms with Crippen molar-refractivity contribution in [2.45, 2.75) is 71.2 Å². The van der Waals surface area contributed by atoms with Crippen molar-refractivity contribution in [1.82, 2.24) is 15.1 Å². The van der Waals surface area contributed by atoms with Crippen molar-refractivity contribution in [3.63, 3.8) is 0 Å². The topological polar surface area (TPSA) is 44.8 Å². The van der Waals surface area contributed by atoms with Crippen molar-refractivity contribution in [2.24, 2.45) is 0 Å². The molecule has 0 saturated carbocycles. The SMILES string of the molecule is CC(C)OC(=O)C1CCC(CCN(CCN(C)C)C(C)C)N1. The van der Waals surface area contributed by atoms with Crippen LogP contribution in [0.3, 0.4) is 0 Å². The third kappa shape index (κ3) is 7.07. The Kier molecular flexibility index (Phi) is 8.36. The summed E-state index contributed by atoms with van der Waals surface area (Å²) in [5, 5.41) is 3.44. The molecule has 0 amide bonds. The molecule has 1 heterocycles. The molecule has 5 nitrogen and oxygen atoms in total. The van der Waals surface area contributed by atoms with E-state index in [1.807, 2.05) is 13.8 Å². The van der Waals surface area contributed by atoms with Crippen molar-refractivity contribution in [2.75, 3.05) is 33.7 Å². The number of hydrogen-bond acceptors (Lipinski definition) is 5. The van der Waals surface area contributed by atoms with Gasteiger partial charge in [0.15, 0.2) is 0 Å². The molecule has 5 heteroatoms. The maximum absolute atomic E-state index is 11.9. The highest BCUT2D eigenvalue weighted by molar-refractivity contribution is 5.76. The van der Waals surface area contributed by atoms with Gasteiger partial charge in [-0.15, -0.1) is 0 Å².